The van der Waals surface area contributed by atoms with Crippen molar-refractivity contribution >= 4 is 12.0 Å². The second-order valence-corrected chi connectivity index (χ2v) is 5.02. The number of piperidine rings is 1. The Kier molecular flexibility index (Phi) is 4.60. The van der Waals surface area contributed by atoms with Crippen LogP contribution in [-0.2, 0) is 9.53 Å². The van der Waals surface area contributed by atoms with Crippen LogP contribution < -0.4 is 0 Å². The SMILES string of the molecule is O=C(O)CC1COCCN1C(=O)N1CCC(O)CC1. The second-order valence-electron chi connectivity index (χ2n) is 5.02. The summed E-state index contributed by atoms with van der Waals surface area (Å²) in [7, 11) is 0. The first-order chi connectivity index (χ1) is 9.08. The highest BCUT2D eigenvalue weighted by Crippen LogP contribution is 2.17. The van der Waals surface area contributed by atoms with Gasteiger partial charge in [0.1, 0.15) is 0 Å². The number of morpholine rings is 1. The highest BCUT2D eigenvalue weighted by atomic mass is 16.5. The molecule has 2 saturated heterocycles. The lowest BCUT2D eigenvalue weighted by Crippen LogP contribution is -2.55. The lowest BCUT2D eigenvalue weighted by molar-refractivity contribution is -0.139. The number of carboxylic acids is 1. The molecule has 2 aliphatic rings. The molecule has 108 valence electrons. The number of nitrogens with zero attached hydrogens (tertiary/aromatic N) is 2. The van der Waals surface area contributed by atoms with E-state index in [2.05, 4.69) is 0 Å². The standard InChI is InChI=1S/C12H20N2O5/c15-10-1-3-13(4-2-10)12(18)14-5-6-19-8-9(14)7-11(16)17/h9-10,15H,1-8H2,(H,16,17). The van der Waals surface area contributed by atoms with E-state index in [4.69, 9.17) is 9.84 Å². The topological polar surface area (TPSA) is 90.3 Å². The van der Waals surface area contributed by atoms with E-state index in [0.29, 0.717) is 39.1 Å². The minimum Gasteiger partial charge on any atom is -0.481 e. The maximum absolute atomic E-state index is 12.4. The molecule has 2 heterocycles. The number of likely N-dealkylation sites (tertiary alicyclic amines) is 1. The first kappa shape index (κ1) is 14.1. The number of urea groups is 1. The van der Waals surface area contributed by atoms with Crippen LogP contribution in [0.1, 0.15) is 19.3 Å². The van der Waals surface area contributed by atoms with Gasteiger partial charge in [0.05, 0.1) is 31.8 Å². The number of amides is 2. The molecule has 0 saturated carbocycles. The van der Waals surface area contributed by atoms with E-state index in [-0.39, 0.29) is 25.2 Å². The van der Waals surface area contributed by atoms with Crippen molar-refractivity contribution in [2.75, 3.05) is 32.8 Å². The van der Waals surface area contributed by atoms with Crippen molar-refractivity contribution in [3.8, 4) is 0 Å². The molecule has 0 bridgehead atoms. The number of aliphatic hydroxyl groups is 1. The molecule has 2 aliphatic heterocycles. The molecule has 2 N–H and O–H groups in total. The maximum Gasteiger partial charge on any atom is 0.320 e. The molecule has 1 atom stereocenters. The van der Waals surface area contributed by atoms with Crippen LogP contribution >= 0.6 is 0 Å². The maximum atomic E-state index is 12.4. The number of hydrogen-bond acceptors (Lipinski definition) is 4. The Balaban J connectivity index is 1.96. The van der Waals surface area contributed by atoms with Crippen molar-refractivity contribution in [1.29, 1.82) is 0 Å². The Morgan fingerprint density at radius 3 is 2.53 bits per heavy atom. The minimum atomic E-state index is -0.928. The normalized spacial score (nSPS) is 25.4. The van der Waals surface area contributed by atoms with E-state index in [1.165, 1.54) is 0 Å². The van der Waals surface area contributed by atoms with Crippen molar-refractivity contribution in [3.63, 3.8) is 0 Å². The molecule has 0 aromatic heterocycles. The smallest absolute Gasteiger partial charge is 0.320 e. The van der Waals surface area contributed by atoms with Gasteiger partial charge in [-0.1, -0.05) is 0 Å². The molecule has 0 aliphatic carbocycles. The van der Waals surface area contributed by atoms with Crippen LogP contribution in [0.3, 0.4) is 0 Å². The Morgan fingerprint density at radius 2 is 1.89 bits per heavy atom. The molecule has 2 amide bonds. The fourth-order valence-corrected chi connectivity index (χ4v) is 2.52. The molecule has 7 heteroatoms. The number of rotatable bonds is 2. The van der Waals surface area contributed by atoms with Crippen LogP contribution in [0.15, 0.2) is 0 Å². The van der Waals surface area contributed by atoms with Gasteiger partial charge in [-0.15, -0.1) is 0 Å². The van der Waals surface area contributed by atoms with E-state index < -0.39 is 12.0 Å². The summed E-state index contributed by atoms with van der Waals surface area (Å²) in [5.74, 6) is -0.928. The molecule has 0 radical (unpaired) electrons. The lowest BCUT2D eigenvalue weighted by Gasteiger charge is -2.40. The van der Waals surface area contributed by atoms with Crippen molar-refractivity contribution in [2.45, 2.75) is 31.4 Å². The number of aliphatic hydroxyl groups excluding tert-OH is 1. The first-order valence-electron chi connectivity index (χ1n) is 6.61. The van der Waals surface area contributed by atoms with Crippen LogP contribution in [0.2, 0.25) is 0 Å². The van der Waals surface area contributed by atoms with Crippen molar-refractivity contribution < 1.29 is 24.5 Å². The Hall–Kier alpha value is -1.34. The van der Waals surface area contributed by atoms with Gasteiger partial charge >= 0.3 is 12.0 Å². The third-order valence-electron chi connectivity index (χ3n) is 3.62. The zero-order valence-corrected chi connectivity index (χ0v) is 10.8. The van der Waals surface area contributed by atoms with Gasteiger partial charge < -0.3 is 24.7 Å². The number of hydrogen-bond donors (Lipinski definition) is 2. The van der Waals surface area contributed by atoms with E-state index in [0.717, 1.165) is 0 Å². The fourth-order valence-electron chi connectivity index (χ4n) is 2.52. The second kappa shape index (κ2) is 6.21. The van der Waals surface area contributed by atoms with Crippen molar-refractivity contribution in [3.05, 3.63) is 0 Å². The van der Waals surface area contributed by atoms with E-state index >= 15 is 0 Å². The van der Waals surface area contributed by atoms with Gasteiger partial charge in [-0.3, -0.25) is 4.79 Å². The van der Waals surface area contributed by atoms with Gasteiger partial charge in [-0.05, 0) is 12.8 Å². The van der Waals surface area contributed by atoms with Gasteiger partial charge in [0.25, 0.3) is 0 Å². The lowest BCUT2D eigenvalue weighted by atomic mass is 10.1. The quantitative estimate of drug-likeness (QED) is 0.722. The molecule has 0 aromatic rings. The molecule has 0 aromatic carbocycles. The Labute approximate surface area is 111 Å². The molecule has 0 spiro atoms. The summed E-state index contributed by atoms with van der Waals surface area (Å²) >= 11 is 0. The predicted molar refractivity (Wildman–Crippen MR) is 65.8 cm³/mol. The van der Waals surface area contributed by atoms with Crippen molar-refractivity contribution in [2.24, 2.45) is 0 Å². The van der Waals surface area contributed by atoms with Gasteiger partial charge in [-0.2, -0.15) is 0 Å². The summed E-state index contributed by atoms with van der Waals surface area (Å²) in [5, 5.41) is 18.3. The van der Waals surface area contributed by atoms with E-state index in [1.807, 2.05) is 0 Å². The van der Waals surface area contributed by atoms with Crippen LogP contribution in [0.5, 0.6) is 0 Å². The minimum absolute atomic E-state index is 0.0950. The molecular weight excluding hydrogens is 252 g/mol. The monoisotopic (exact) mass is 272 g/mol. The first-order valence-corrected chi connectivity index (χ1v) is 6.61. The van der Waals surface area contributed by atoms with Gasteiger partial charge in [0, 0.05) is 19.6 Å². The Morgan fingerprint density at radius 1 is 1.21 bits per heavy atom. The molecule has 19 heavy (non-hydrogen) atoms. The average molecular weight is 272 g/mol. The third-order valence-corrected chi connectivity index (χ3v) is 3.62. The molecule has 2 fully saturated rings. The summed E-state index contributed by atoms with van der Waals surface area (Å²) < 4.78 is 5.25. The van der Waals surface area contributed by atoms with Gasteiger partial charge in [0.2, 0.25) is 0 Å². The number of carboxylic acid groups (broad SMARTS) is 1. The molecule has 1 unspecified atom stereocenters. The predicted octanol–water partition coefficient (Wildman–Crippen LogP) is -0.261. The van der Waals surface area contributed by atoms with Crippen LogP contribution in [-0.4, -0.2) is 77.0 Å². The zero-order chi connectivity index (χ0) is 13.8. The number of aliphatic carboxylic acids is 1. The van der Waals surface area contributed by atoms with Crippen molar-refractivity contribution in [1.82, 2.24) is 9.80 Å². The average Bonchev–Trinajstić information content (AvgIpc) is 2.39. The van der Waals surface area contributed by atoms with Gasteiger partial charge in [-0.25, -0.2) is 4.79 Å². The highest BCUT2D eigenvalue weighted by Gasteiger charge is 2.33. The zero-order valence-electron chi connectivity index (χ0n) is 10.8. The summed E-state index contributed by atoms with van der Waals surface area (Å²) in [4.78, 5) is 26.5. The molecule has 7 nitrogen and oxygen atoms in total. The van der Waals surface area contributed by atoms with Crippen LogP contribution in [0, 0.1) is 0 Å². The molecule has 2 rings (SSSR count). The highest BCUT2D eigenvalue weighted by molar-refractivity contribution is 5.76. The largest absolute Gasteiger partial charge is 0.481 e. The van der Waals surface area contributed by atoms with E-state index in [9.17, 15) is 14.7 Å². The summed E-state index contributed by atoms with van der Waals surface area (Å²) in [6.07, 6.45) is 0.741. The van der Waals surface area contributed by atoms with Gasteiger partial charge in [0.15, 0.2) is 0 Å². The van der Waals surface area contributed by atoms with Crippen LogP contribution in [0.4, 0.5) is 4.79 Å². The third kappa shape index (κ3) is 3.57. The summed E-state index contributed by atoms with van der Waals surface area (Å²) in [5.41, 5.74) is 0. The Bertz CT molecular complexity index is 341. The number of carbonyl (C=O) groups is 2. The van der Waals surface area contributed by atoms with E-state index in [1.54, 1.807) is 9.80 Å². The molecular formula is C12H20N2O5. The summed E-state index contributed by atoms with van der Waals surface area (Å²) in [6, 6.07) is -0.535. The van der Waals surface area contributed by atoms with Crippen LogP contribution in [0.25, 0.3) is 0 Å². The number of ether oxygens (including phenoxy) is 1. The summed E-state index contributed by atoms with van der Waals surface area (Å²) in [6.45, 7) is 2.19. The fraction of sp³-hybridized carbons (Fsp3) is 0.833. The number of carbonyl (C=O) groups excluding carboxylic acids is 1.